The van der Waals surface area contributed by atoms with Crippen molar-refractivity contribution >= 4 is 23.0 Å². The third-order valence-electron chi connectivity index (χ3n) is 2.69. The van der Waals surface area contributed by atoms with Crippen molar-refractivity contribution in [1.82, 2.24) is 5.32 Å². The van der Waals surface area contributed by atoms with E-state index in [0.717, 1.165) is 17.1 Å². The normalized spacial score (nSPS) is 9.60. The van der Waals surface area contributed by atoms with E-state index < -0.39 is 0 Å². The highest BCUT2D eigenvalue weighted by Crippen LogP contribution is 2.18. The molecule has 2 aromatic rings. The Bertz CT molecular complexity index is 564. The topological polar surface area (TPSA) is 53.2 Å². The summed E-state index contributed by atoms with van der Waals surface area (Å²) in [6, 6.07) is 17.8. The van der Waals surface area contributed by atoms with Crippen molar-refractivity contribution in [1.29, 1.82) is 0 Å². The molecule has 0 aliphatic rings. The molecule has 0 radical (unpaired) electrons. The maximum Gasteiger partial charge on any atom is 0.244 e. The number of nitrogens with one attached hydrogen (secondary N) is 3. The molecule has 0 fully saturated rings. The van der Waals surface area contributed by atoms with E-state index in [-0.39, 0.29) is 5.91 Å². The first-order valence-corrected chi connectivity index (χ1v) is 6.34. The van der Waals surface area contributed by atoms with Gasteiger partial charge in [-0.2, -0.15) is 0 Å². The molecule has 0 aromatic heterocycles. The average Bonchev–Trinajstić information content (AvgIpc) is 2.50. The molecule has 2 rings (SSSR count). The third-order valence-corrected chi connectivity index (χ3v) is 2.69. The van der Waals surface area contributed by atoms with Crippen LogP contribution in [-0.4, -0.2) is 12.6 Å². The minimum Gasteiger partial charge on any atom is -0.368 e. The van der Waals surface area contributed by atoms with Gasteiger partial charge in [0.05, 0.1) is 6.67 Å². The Hall–Kier alpha value is -2.75. The van der Waals surface area contributed by atoms with E-state index in [4.69, 9.17) is 0 Å². The first-order valence-electron chi connectivity index (χ1n) is 6.34. The molecule has 0 saturated heterocycles. The van der Waals surface area contributed by atoms with Crippen LogP contribution in [0.4, 0.5) is 17.1 Å². The van der Waals surface area contributed by atoms with Crippen molar-refractivity contribution in [3.8, 4) is 0 Å². The summed E-state index contributed by atoms with van der Waals surface area (Å²) in [4.78, 5) is 11.0. The van der Waals surface area contributed by atoms with E-state index in [1.807, 2.05) is 54.6 Å². The summed E-state index contributed by atoms with van der Waals surface area (Å²) in [5, 5.41) is 9.05. The van der Waals surface area contributed by atoms with Crippen molar-refractivity contribution in [3.05, 3.63) is 67.3 Å². The number of benzene rings is 2. The summed E-state index contributed by atoms with van der Waals surface area (Å²) < 4.78 is 0. The Morgan fingerprint density at radius 3 is 2.20 bits per heavy atom. The summed E-state index contributed by atoms with van der Waals surface area (Å²) >= 11 is 0. The quantitative estimate of drug-likeness (QED) is 0.557. The van der Waals surface area contributed by atoms with Crippen LogP contribution in [-0.2, 0) is 4.79 Å². The zero-order valence-corrected chi connectivity index (χ0v) is 11.1. The van der Waals surface area contributed by atoms with E-state index >= 15 is 0 Å². The number of carbonyl (C=O) groups excluding carboxylic acids is 1. The zero-order chi connectivity index (χ0) is 14.2. The van der Waals surface area contributed by atoms with E-state index in [0.29, 0.717) is 6.67 Å². The lowest BCUT2D eigenvalue weighted by atomic mass is 10.2. The lowest BCUT2D eigenvalue weighted by Gasteiger charge is -2.09. The number of para-hydroxylation sites is 1. The SMILES string of the molecule is C=CC(=O)NCNc1ccc(Nc2ccccc2)cc1. The maximum atomic E-state index is 11.0. The van der Waals surface area contributed by atoms with Gasteiger partial charge in [-0.3, -0.25) is 4.79 Å². The second-order valence-corrected chi connectivity index (χ2v) is 4.17. The molecule has 0 aliphatic carbocycles. The molecule has 0 atom stereocenters. The van der Waals surface area contributed by atoms with Crippen molar-refractivity contribution in [2.45, 2.75) is 0 Å². The van der Waals surface area contributed by atoms with Gasteiger partial charge >= 0.3 is 0 Å². The Kier molecular flexibility index (Phi) is 4.78. The number of amides is 1. The largest absolute Gasteiger partial charge is 0.368 e. The monoisotopic (exact) mass is 267 g/mol. The van der Waals surface area contributed by atoms with Gasteiger partial charge in [0.15, 0.2) is 0 Å². The molecule has 0 saturated carbocycles. The molecule has 20 heavy (non-hydrogen) atoms. The van der Waals surface area contributed by atoms with Crippen LogP contribution in [0.25, 0.3) is 0 Å². The van der Waals surface area contributed by atoms with Gasteiger partial charge in [-0.05, 0) is 42.5 Å². The number of carbonyl (C=O) groups is 1. The number of anilines is 3. The molecule has 4 heteroatoms. The molecule has 0 bridgehead atoms. The van der Waals surface area contributed by atoms with Crippen LogP contribution < -0.4 is 16.0 Å². The van der Waals surface area contributed by atoms with Crippen LogP contribution in [0.5, 0.6) is 0 Å². The van der Waals surface area contributed by atoms with Crippen molar-refractivity contribution < 1.29 is 4.79 Å². The first-order chi connectivity index (χ1) is 9.78. The highest BCUT2D eigenvalue weighted by Gasteiger charge is 1.96. The van der Waals surface area contributed by atoms with Gasteiger partial charge in [0.25, 0.3) is 0 Å². The molecule has 0 unspecified atom stereocenters. The highest BCUT2D eigenvalue weighted by molar-refractivity contribution is 5.86. The van der Waals surface area contributed by atoms with E-state index in [1.54, 1.807) is 0 Å². The van der Waals surface area contributed by atoms with Gasteiger partial charge in [-0.15, -0.1) is 0 Å². The fourth-order valence-corrected chi connectivity index (χ4v) is 1.67. The molecule has 2 aromatic carbocycles. The van der Waals surface area contributed by atoms with E-state index in [1.165, 1.54) is 6.08 Å². The Morgan fingerprint density at radius 2 is 1.55 bits per heavy atom. The summed E-state index contributed by atoms with van der Waals surface area (Å²) in [5.74, 6) is -0.195. The molecule has 102 valence electrons. The third kappa shape index (κ3) is 4.17. The fourth-order valence-electron chi connectivity index (χ4n) is 1.67. The summed E-state index contributed by atoms with van der Waals surface area (Å²) in [6.07, 6.45) is 1.24. The highest BCUT2D eigenvalue weighted by atomic mass is 16.1. The molecule has 0 aliphatic heterocycles. The molecule has 3 N–H and O–H groups in total. The molecule has 0 heterocycles. The summed E-state index contributed by atoms with van der Waals surface area (Å²) in [7, 11) is 0. The van der Waals surface area contributed by atoms with Crippen LogP contribution in [0, 0.1) is 0 Å². The van der Waals surface area contributed by atoms with Crippen molar-refractivity contribution in [2.75, 3.05) is 17.3 Å². The maximum absolute atomic E-state index is 11.0. The Balaban J connectivity index is 1.86. The van der Waals surface area contributed by atoms with Crippen LogP contribution in [0.1, 0.15) is 0 Å². The van der Waals surface area contributed by atoms with Gasteiger partial charge in [0, 0.05) is 17.1 Å². The molecular weight excluding hydrogens is 250 g/mol. The summed E-state index contributed by atoms with van der Waals surface area (Å²) in [5.41, 5.74) is 3.00. The van der Waals surface area contributed by atoms with Gasteiger partial charge in [-0.25, -0.2) is 0 Å². The second-order valence-electron chi connectivity index (χ2n) is 4.17. The predicted octanol–water partition coefficient (Wildman–Crippen LogP) is 3.10. The van der Waals surface area contributed by atoms with Crippen LogP contribution in [0.3, 0.4) is 0 Å². The molecular formula is C16H17N3O. The van der Waals surface area contributed by atoms with E-state index in [2.05, 4.69) is 22.5 Å². The van der Waals surface area contributed by atoms with Gasteiger partial charge in [0.2, 0.25) is 5.91 Å². The molecule has 4 nitrogen and oxygen atoms in total. The summed E-state index contributed by atoms with van der Waals surface area (Å²) in [6.45, 7) is 3.76. The average molecular weight is 267 g/mol. The lowest BCUT2D eigenvalue weighted by Crippen LogP contribution is -2.26. The smallest absolute Gasteiger partial charge is 0.244 e. The number of rotatable bonds is 6. The van der Waals surface area contributed by atoms with Crippen molar-refractivity contribution in [2.24, 2.45) is 0 Å². The lowest BCUT2D eigenvalue weighted by molar-refractivity contribution is -0.116. The van der Waals surface area contributed by atoms with Crippen LogP contribution in [0.15, 0.2) is 67.3 Å². The second kappa shape index (κ2) is 6.99. The Morgan fingerprint density at radius 1 is 0.950 bits per heavy atom. The Labute approximate surface area is 118 Å². The van der Waals surface area contributed by atoms with Gasteiger partial charge in [0.1, 0.15) is 0 Å². The zero-order valence-electron chi connectivity index (χ0n) is 11.1. The van der Waals surface area contributed by atoms with Gasteiger partial charge < -0.3 is 16.0 Å². The number of hydrogen-bond donors (Lipinski definition) is 3. The molecule has 0 spiro atoms. The first kappa shape index (κ1) is 13.7. The predicted molar refractivity (Wildman–Crippen MR) is 83.0 cm³/mol. The van der Waals surface area contributed by atoms with Crippen LogP contribution >= 0.6 is 0 Å². The minimum atomic E-state index is -0.195. The van der Waals surface area contributed by atoms with Crippen LogP contribution in [0.2, 0.25) is 0 Å². The van der Waals surface area contributed by atoms with E-state index in [9.17, 15) is 4.79 Å². The van der Waals surface area contributed by atoms with Gasteiger partial charge in [-0.1, -0.05) is 24.8 Å². The standard InChI is InChI=1S/C16H17N3O/c1-2-16(20)18-12-17-13-8-10-15(11-9-13)19-14-6-4-3-5-7-14/h2-11,17,19H,1,12H2,(H,18,20). The minimum absolute atomic E-state index is 0.195. The van der Waals surface area contributed by atoms with Crippen molar-refractivity contribution in [3.63, 3.8) is 0 Å². The molecule has 1 amide bonds. The number of hydrogen-bond acceptors (Lipinski definition) is 3. The fraction of sp³-hybridized carbons (Fsp3) is 0.0625.